The average Bonchev–Trinajstić information content (AvgIpc) is 2.23. The van der Waals surface area contributed by atoms with Crippen molar-refractivity contribution in [2.45, 2.75) is 20.3 Å². The van der Waals surface area contributed by atoms with E-state index in [0.29, 0.717) is 0 Å². The van der Waals surface area contributed by atoms with Crippen molar-refractivity contribution < 1.29 is 20.1 Å². The first-order chi connectivity index (χ1) is 7.90. The number of carbonyl (C=O) groups is 1. The van der Waals surface area contributed by atoms with Crippen molar-refractivity contribution in [3.05, 3.63) is 17.2 Å². The largest absolute Gasteiger partial charge is 0.507 e. The van der Waals surface area contributed by atoms with E-state index in [2.05, 4.69) is 5.92 Å². The lowest BCUT2D eigenvalue weighted by Gasteiger charge is -2.13. The Morgan fingerprint density at radius 3 is 2.41 bits per heavy atom. The number of benzene rings is 1. The number of phenolic OH excluding ortho intramolecular Hbond substituents is 3. The Labute approximate surface area is 99.5 Å². The molecule has 0 amide bonds. The molecule has 90 valence electrons. The molecule has 17 heavy (non-hydrogen) atoms. The van der Waals surface area contributed by atoms with Crippen LogP contribution in [0.2, 0.25) is 0 Å². The molecule has 4 heteroatoms. The smallest absolute Gasteiger partial charge is 0.172 e. The topological polar surface area (TPSA) is 77.8 Å². The summed E-state index contributed by atoms with van der Waals surface area (Å²) in [6.07, 6.45) is 5.09. The molecule has 0 aromatic heterocycles. The van der Waals surface area contributed by atoms with Crippen molar-refractivity contribution in [1.29, 1.82) is 0 Å². The van der Waals surface area contributed by atoms with Gasteiger partial charge >= 0.3 is 0 Å². The fraction of sp³-hybridized carbons (Fsp3) is 0.308. The number of hydrogen-bond acceptors (Lipinski definition) is 4. The van der Waals surface area contributed by atoms with Gasteiger partial charge in [0.1, 0.15) is 22.8 Å². The number of phenols is 3. The van der Waals surface area contributed by atoms with E-state index in [1.807, 2.05) is 0 Å². The predicted molar refractivity (Wildman–Crippen MR) is 63.1 cm³/mol. The maximum Gasteiger partial charge on any atom is 0.172 e. The molecule has 0 aliphatic rings. The fourth-order valence-electron chi connectivity index (χ4n) is 1.49. The van der Waals surface area contributed by atoms with Crippen LogP contribution >= 0.6 is 0 Å². The molecule has 0 aliphatic carbocycles. The number of terminal acetylenes is 1. The van der Waals surface area contributed by atoms with Crippen molar-refractivity contribution >= 4 is 5.78 Å². The lowest BCUT2D eigenvalue weighted by Crippen LogP contribution is -2.09. The van der Waals surface area contributed by atoms with Crippen LogP contribution in [-0.4, -0.2) is 21.1 Å². The van der Waals surface area contributed by atoms with E-state index in [4.69, 9.17) is 6.42 Å². The highest BCUT2D eigenvalue weighted by Crippen LogP contribution is 2.38. The SMILES string of the molecule is C#CCc1c(O)cc(O)c(C(=O)C(C)C)c1O. The van der Waals surface area contributed by atoms with Crippen LogP contribution in [0.3, 0.4) is 0 Å². The summed E-state index contributed by atoms with van der Waals surface area (Å²) in [5.41, 5.74) is -0.114. The maximum absolute atomic E-state index is 11.8. The highest BCUT2D eigenvalue weighted by Gasteiger charge is 2.23. The van der Waals surface area contributed by atoms with Gasteiger partial charge < -0.3 is 15.3 Å². The van der Waals surface area contributed by atoms with Gasteiger partial charge in [-0.15, -0.1) is 12.3 Å². The van der Waals surface area contributed by atoms with Gasteiger partial charge in [-0.2, -0.15) is 0 Å². The van der Waals surface area contributed by atoms with Crippen LogP contribution < -0.4 is 0 Å². The van der Waals surface area contributed by atoms with Crippen LogP contribution in [0.5, 0.6) is 17.2 Å². The van der Waals surface area contributed by atoms with Gasteiger partial charge in [0.25, 0.3) is 0 Å². The quantitative estimate of drug-likeness (QED) is 0.550. The molecule has 0 saturated carbocycles. The third-order valence-electron chi connectivity index (χ3n) is 2.41. The summed E-state index contributed by atoms with van der Waals surface area (Å²) in [6.45, 7) is 3.30. The summed E-state index contributed by atoms with van der Waals surface area (Å²) >= 11 is 0. The van der Waals surface area contributed by atoms with Gasteiger partial charge in [0, 0.05) is 24.0 Å². The Morgan fingerprint density at radius 1 is 1.35 bits per heavy atom. The monoisotopic (exact) mass is 234 g/mol. The van der Waals surface area contributed by atoms with Crippen molar-refractivity contribution in [2.75, 3.05) is 0 Å². The zero-order chi connectivity index (χ0) is 13.2. The normalized spacial score (nSPS) is 10.2. The molecule has 4 nitrogen and oxygen atoms in total. The Hall–Kier alpha value is -2.15. The molecule has 0 radical (unpaired) electrons. The number of Topliss-reactive ketones (excluding diaryl/α,β-unsaturated/α-hetero) is 1. The molecule has 0 unspecified atom stereocenters. The maximum atomic E-state index is 11.8. The number of aromatic hydroxyl groups is 3. The molecule has 0 spiro atoms. The van der Waals surface area contributed by atoms with E-state index >= 15 is 0 Å². The second kappa shape index (κ2) is 4.79. The molecular weight excluding hydrogens is 220 g/mol. The third-order valence-corrected chi connectivity index (χ3v) is 2.41. The second-order valence-electron chi connectivity index (χ2n) is 4.02. The third kappa shape index (κ3) is 2.34. The molecule has 1 aromatic carbocycles. The molecule has 0 saturated heterocycles. The van der Waals surface area contributed by atoms with Crippen molar-refractivity contribution in [3.63, 3.8) is 0 Å². The highest BCUT2D eigenvalue weighted by molar-refractivity contribution is 6.03. The molecule has 1 rings (SSSR count). The van der Waals surface area contributed by atoms with E-state index in [1.165, 1.54) is 0 Å². The second-order valence-corrected chi connectivity index (χ2v) is 4.02. The van der Waals surface area contributed by atoms with E-state index in [1.54, 1.807) is 13.8 Å². The summed E-state index contributed by atoms with van der Waals surface area (Å²) in [5, 5.41) is 29.0. The Kier molecular flexibility index (Phi) is 3.64. The summed E-state index contributed by atoms with van der Waals surface area (Å²) in [7, 11) is 0. The summed E-state index contributed by atoms with van der Waals surface area (Å²) in [6, 6.07) is 1.02. The minimum Gasteiger partial charge on any atom is -0.507 e. The van der Waals surface area contributed by atoms with Gasteiger partial charge in [0.15, 0.2) is 5.78 Å². The van der Waals surface area contributed by atoms with Crippen LogP contribution in [0.1, 0.15) is 29.8 Å². The van der Waals surface area contributed by atoms with E-state index in [-0.39, 0.29) is 29.2 Å². The van der Waals surface area contributed by atoms with Crippen LogP contribution in [-0.2, 0) is 6.42 Å². The molecule has 0 heterocycles. The lowest BCUT2D eigenvalue weighted by atomic mass is 9.95. The Balaban J connectivity index is 3.47. The molecule has 0 atom stereocenters. The van der Waals surface area contributed by atoms with Crippen molar-refractivity contribution in [3.8, 4) is 29.6 Å². The fourth-order valence-corrected chi connectivity index (χ4v) is 1.49. The van der Waals surface area contributed by atoms with Gasteiger partial charge in [-0.1, -0.05) is 13.8 Å². The lowest BCUT2D eigenvalue weighted by molar-refractivity contribution is 0.0933. The van der Waals surface area contributed by atoms with Crippen molar-refractivity contribution in [1.82, 2.24) is 0 Å². The predicted octanol–water partition coefficient (Wildman–Crippen LogP) is 1.82. The molecule has 0 aliphatic heterocycles. The Morgan fingerprint density at radius 2 is 1.94 bits per heavy atom. The molecule has 0 fully saturated rings. The van der Waals surface area contributed by atoms with Gasteiger partial charge in [-0.25, -0.2) is 0 Å². The average molecular weight is 234 g/mol. The highest BCUT2D eigenvalue weighted by atomic mass is 16.3. The van der Waals surface area contributed by atoms with E-state index in [9.17, 15) is 20.1 Å². The van der Waals surface area contributed by atoms with E-state index < -0.39 is 17.3 Å². The van der Waals surface area contributed by atoms with Crippen LogP contribution in [0.25, 0.3) is 0 Å². The van der Waals surface area contributed by atoms with Crippen LogP contribution in [0, 0.1) is 18.3 Å². The number of rotatable bonds is 3. The minimum absolute atomic E-state index is 0.0175. The zero-order valence-corrected chi connectivity index (χ0v) is 9.69. The number of hydrogen-bond donors (Lipinski definition) is 3. The first-order valence-electron chi connectivity index (χ1n) is 5.14. The van der Waals surface area contributed by atoms with E-state index in [0.717, 1.165) is 6.07 Å². The standard InChI is InChI=1S/C13H14O4/c1-4-5-8-9(14)6-10(15)11(13(8)17)12(16)7(2)3/h1,6-7,14-15,17H,5H2,2-3H3. The molecular formula is C13H14O4. The van der Waals surface area contributed by atoms with Crippen LogP contribution in [0.15, 0.2) is 6.07 Å². The van der Waals surface area contributed by atoms with Gasteiger partial charge in [-0.05, 0) is 0 Å². The summed E-state index contributed by atoms with van der Waals surface area (Å²) in [4.78, 5) is 11.8. The first-order valence-corrected chi connectivity index (χ1v) is 5.14. The number of carbonyl (C=O) groups excluding carboxylic acids is 1. The van der Waals surface area contributed by atoms with Gasteiger partial charge in [-0.3, -0.25) is 4.79 Å². The molecule has 3 N–H and O–H groups in total. The van der Waals surface area contributed by atoms with Gasteiger partial charge in [0.05, 0.1) is 0 Å². The van der Waals surface area contributed by atoms with Gasteiger partial charge in [0.2, 0.25) is 0 Å². The summed E-state index contributed by atoms with van der Waals surface area (Å²) < 4.78 is 0. The molecule has 1 aromatic rings. The number of ketones is 1. The van der Waals surface area contributed by atoms with Crippen LogP contribution in [0.4, 0.5) is 0 Å². The minimum atomic E-state index is -0.445. The molecule has 0 bridgehead atoms. The summed E-state index contributed by atoms with van der Waals surface area (Å²) in [5.74, 6) is 0.272. The Bertz CT molecular complexity index is 495. The zero-order valence-electron chi connectivity index (χ0n) is 9.69. The first kappa shape index (κ1) is 12.9. The van der Waals surface area contributed by atoms with Crippen molar-refractivity contribution in [2.24, 2.45) is 5.92 Å².